The third-order valence-electron chi connectivity index (χ3n) is 5.33. The number of aliphatic hydroxyl groups is 1. The Morgan fingerprint density at radius 1 is 1.23 bits per heavy atom. The van der Waals surface area contributed by atoms with Crippen LogP contribution in [0.5, 0.6) is 0 Å². The van der Waals surface area contributed by atoms with Gasteiger partial charge in [-0.25, -0.2) is 19.1 Å². The van der Waals surface area contributed by atoms with Crippen LogP contribution in [0.25, 0.3) is 0 Å². The zero-order valence-electron chi connectivity index (χ0n) is 19.1. The quantitative estimate of drug-likeness (QED) is 0.380. The lowest BCUT2D eigenvalue weighted by molar-refractivity contribution is -0.150. The zero-order valence-corrected chi connectivity index (χ0v) is 19.1. The van der Waals surface area contributed by atoms with Crippen LogP contribution in [-0.4, -0.2) is 58.1 Å². The van der Waals surface area contributed by atoms with Crippen LogP contribution in [0.2, 0.25) is 0 Å². The number of amides is 1. The molecule has 0 saturated carbocycles. The van der Waals surface area contributed by atoms with Gasteiger partial charge < -0.3 is 19.3 Å². The molecule has 1 saturated heterocycles. The van der Waals surface area contributed by atoms with Crippen LogP contribution in [-0.2, 0) is 25.4 Å². The van der Waals surface area contributed by atoms with Gasteiger partial charge in [0.15, 0.2) is 6.10 Å². The number of hydrogen-bond donors (Lipinski definition) is 2. The molecule has 0 aliphatic carbocycles. The number of alkyl halides is 2. The summed E-state index contributed by atoms with van der Waals surface area (Å²) in [5.74, 6) is -4.98. The van der Waals surface area contributed by atoms with Crippen LogP contribution in [0, 0.1) is 0 Å². The molecular weight excluding hydrogens is 468 g/mol. The number of unbranched alkanes of at least 4 members (excludes halogenated alkanes) is 1. The smallest absolute Gasteiger partial charge is 0.412 e. The van der Waals surface area contributed by atoms with E-state index < -0.39 is 48.7 Å². The fourth-order valence-corrected chi connectivity index (χ4v) is 3.42. The molecule has 12 heteroatoms. The first-order valence-electron chi connectivity index (χ1n) is 11.2. The minimum Gasteiger partial charge on any atom is -0.463 e. The van der Waals surface area contributed by atoms with Gasteiger partial charge in [0.25, 0.3) is 0 Å². The van der Waals surface area contributed by atoms with Crippen LogP contribution in [0.1, 0.15) is 38.0 Å². The van der Waals surface area contributed by atoms with E-state index in [1.165, 1.54) is 0 Å². The molecule has 1 aliphatic rings. The Labute approximate surface area is 199 Å². The molecule has 2 aromatic rings. The SMILES string of the molecule is CCCCOC(=O)Nc1ccnc(=O)n1[C@@H]1O[C@H](COC(=O)CCc2ccccc2)[C@@H](O)C1(F)F. The van der Waals surface area contributed by atoms with E-state index in [9.17, 15) is 28.3 Å². The second kappa shape index (κ2) is 11.8. The lowest BCUT2D eigenvalue weighted by Gasteiger charge is -2.23. The summed E-state index contributed by atoms with van der Waals surface area (Å²) in [4.78, 5) is 39.8. The summed E-state index contributed by atoms with van der Waals surface area (Å²) in [6.45, 7) is 1.34. The monoisotopic (exact) mass is 495 g/mol. The number of anilines is 1. The summed E-state index contributed by atoms with van der Waals surface area (Å²) in [5, 5.41) is 12.4. The molecule has 0 bridgehead atoms. The van der Waals surface area contributed by atoms with Crippen molar-refractivity contribution in [2.45, 2.75) is 57.0 Å². The molecule has 1 aromatic carbocycles. The van der Waals surface area contributed by atoms with Gasteiger partial charge in [-0.2, -0.15) is 8.78 Å². The topological polar surface area (TPSA) is 129 Å². The van der Waals surface area contributed by atoms with E-state index >= 15 is 0 Å². The third kappa shape index (κ3) is 6.61. The van der Waals surface area contributed by atoms with Gasteiger partial charge in [-0.15, -0.1) is 0 Å². The Balaban J connectivity index is 1.67. The Morgan fingerprint density at radius 2 is 1.97 bits per heavy atom. The van der Waals surface area contributed by atoms with Gasteiger partial charge >= 0.3 is 23.7 Å². The Morgan fingerprint density at radius 3 is 2.69 bits per heavy atom. The summed E-state index contributed by atoms with van der Waals surface area (Å²) in [5.41, 5.74) is -0.244. The number of benzene rings is 1. The molecule has 1 amide bonds. The molecule has 3 rings (SSSR count). The van der Waals surface area contributed by atoms with E-state index in [0.29, 0.717) is 17.4 Å². The number of rotatable bonds is 10. The second-order valence-electron chi connectivity index (χ2n) is 7.91. The first-order chi connectivity index (χ1) is 16.7. The summed E-state index contributed by atoms with van der Waals surface area (Å²) in [7, 11) is 0. The van der Waals surface area contributed by atoms with Crippen LogP contribution in [0.15, 0.2) is 47.4 Å². The van der Waals surface area contributed by atoms with Crippen LogP contribution >= 0.6 is 0 Å². The number of ether oxygens (including phenoxy) is 3. The van der Waals surface area contributed by atoms with Crippen molar-refractivity contribution in [3.05, 3.63) is 58.6 Å². The molecular formula is C23H27F2N3O7. The highest BCUT2D eigenvalue weighted by Crippen LogP contribution is 2.43. The molecule has 1 fully saturated rings. The standard InChI is InChI=1S/C23H27F2N3O7/c1-2-3-13-33-22(32)27-17-11-12-26-21(31)28(17)20-23(24,25)19(30)16(35-20)14-34-18(29)10-9-15-7-5-4-6-8-15/h4-8,11-12,16,19-20,30H,2-3,9-10,13-14H2,1H3,(H,27,32)/t16-,19-,20-/m1/s1. The molecule has 10 nitrogen and oxygen atoms in total. The highest BCUT2D eigenvalue weighted by molar-refractivity contribution is 5.83. The van der Waals surface area contributed by atoms with Gasteiger partial charge in [0.2, 0.25) is 6.23 Å². The maximum Gasteiger partial charge on any atom is 0.412 e. The highest BCUT2D eigenvalue weighted by atomic mass is 19.3. The molecule has 2 N–H and O–H groups in total. The molecule has 35 heavy (non-hydrogen) atoms. The predicted octanol–water partition coefficient (Wildman–Crippen LogP) is 2.66. The summed E-state index contributed by atoms with van der Waals surface area (Å²) in [6, 6.07) is 10.3. The number of halogens is 2. The number of carbonyl (C=O) groups excluding carboxylic acids is 2. The zero-order chi connectivity index (χ0) is 25.4. The summed E-state index contributed by atoms with van der Waals surface area (Å²) >= 11 is 0. The van der Waals surface area contributed by atoms with Gasteiger partial charge in [0.1, 0.15) is 18.5 Å². The average molecular weight is 495 g/mol. The fraction of sp³-hybridized carbons (Fsp3) is 0.478. The van der Waals surface area contributed by atoms with Crippen LogP contribution < -0.4 is 11.0 Å². The maximum atomic E-state index is 14.9. The number of carbonyl (C=O) groups is 2. The molecule has 0 radical (unpaired) electrons. The first kappa shape index (κ1) is 26.2. The molecule has 0 spiro atoms. The molecule has 1 aliphatic heterocycles. The van der Waals surface area contributed by atoms with Crippen molar-refractivity contribution in [2.24, 2.45) is 0 Å². The fourth-order valence-electron chi connectivity index (χ4n) is 3.42. The van der Waals surface area contributed by atoms with Crippen molar-refractivity contribution in [1.29, 1.82) is 0 Å². The first-order valence-corrected chi connectivity index (χ1v) is 11.2. The van der Waals surface area contributed by atoms with E-state index in [0.717, 1.165) is 24.2 Å². The molecule has 0 unspecified atom stereocenters. The normalized spacial score (nSPS) is 20.9. The van der Waals surface area contributed by atoms with Crippen molar-refractivity contribution in [2.75, 3.05) is 18.5 Å². The minimum atomic E-state index is -3.96. The van der Waals surface area contributed by atoms with Crippen molar-refractivity contribution >= 4 is 17.9 Å². The largest absolute Gasteiger partial charge is 0.463 e. The predicted molar refractivity (Wildman–Crippen MR) is 119 cm³/mol. The van der Waals surface area contributed by atoms with Gasteiger partial charge in [-0.1, -0.05) is 43.7 Å². The maximum absolute atomic E-state index is 14.9. The number of aromatic nitrogens is 2. The molecule has 1 aromatic heterocycles. The number of aryl methyl sites for hydroxylation is 1. The Kier molecular flexibility index (Phi) is 8.88. The number of hydrogen-bond acceptors (Lipinski definition) is 8. The van der Waals surface area contributed by atoms with Crippen molar-refractivity contribution in [3.8, 4) is 0 Å². The van der Waals surface area contributed by atoms with Crippen molar-refractivity contribution < 1.29 is 37.7 Å². The van der Waals surface area contributed by atoms with E-state index in [4.69, 9.17) is 14.2 Å². The van der Waals surface area contributed by atoms with E-state index in [1.807, 2.05) is 37.3 Å². The number of aliphatic hydroxyl groups excluding tert-OH is 1. The number of nitrogens with one attached hydrogen (secondary N) is 1. The van der Waals surface area contributed by atoms with Crippen LogP contribution in [0.4, 0.5) is 19.4 Å². The van der Waals surface area contributed by atoms with Gasteiger partial charge in [-0.05, 0) is 24.5 Å². The lowest BCUT2D eigenvalue weighted by atomic mass is 10.1. The van der Waals surface area contributed by atoms with E-state index in [1.54, 1.807) is 0 Å². The molecule has 3 atom stereocenters. The van der Waals surface area contributed by atoms with Gasteiger partial charge in [-0.3, -0.25) is 10.1 Å². The second-order valence-corrected chi connectivity index (χ2v) is 7.91. The van der Waals surface area contributed by atoms with Gasteiger partial charge in [0, 0.05) is 12.6 Å². The van der Waals surface area contributed by atoms with Gasteiger partial charge in [0.05, 0.1) is 6.61 Å². The van der Waals surface area contributed by atoms with Crippen LogP contribution in [0.3, 0.4) is 0 Å². The third-order valence-corrected chi connectivity index (χ3v) is 5.33. The summed E-state index contributed by atoms with van der Waals surface area (Å²) in [6.07, 6.45) is -4.48. The van der Waals surface area contributed by atoms with Crippen molar-refractivity contribution in [1.82, 2.24) is 9.55 Å². The van der Waals surface area contributed by atoms with E-state index in [-0.39, 0.29) is 18.8 Å². The highest BCUT2D eigenvalue weighted by Gasteiger charge is 2.60. The Hall–Kier alpha value is -3.38. The number of nitrogens with zero attached hydrogens (tertiary/aromatic N) is 2. The number of esters is 1. The minimum absolute atomic E-state index is 0.00290. The Bertz CT molecular complexity index is 1060. The van der Waals surface area contributed by atoms with E-state index in [2.05, 4.69) is 10.3 Å². The molecule has 190 valence electrons. The lowest BCUT2D eigenvalue weighted by Crippen LogP contribution is -2.42. The molecule has 2 heterocycles. The van der Waals surface area contributed by atoms with Crippen molar-refractivity contribution in [3.63, 3.8) is 0 Å². The summed E-state index contributed by atoms with van der Waals surface area (Å²) < 4.78 is 45.5. The average Bonchev–Trinajstić information content (AvgIpc) is 3.05.